The van der Waals surface area contributed by atoms with E-state index in [1.54, 1.807) is 7.11 Å². The number of piperazine rings is 1. The molecule has 0 amide bonds. The topological polar surface area (TPSA) is 45.2 Å². The Morgan fingerprint density at radius 1 is 1.03 bits per heavy atom. The Bertz CT molecular complexity index is 774. The van der Waals surface area contributed by atoms with Crippen LogP contribution >= 0.6 is 0 Å². The molecule has 0 spiro atoms. The highest BCUT2D eigenvalue weighted by atomic mass is 16.5. The molecule has 2 aromatic rings. The van der Waals surface area contributed by atoms with Crippen LogP contribution in [0.5, 0.6) is 11.5 Å². The Kier molecular flexibility index (Phi) is 8.75. The van der Waals surface area contributed by atoms with Crippen LogP contribution in [0.25, 0.3) is 6.08 Å². The van der Waals surface area contributed by atoms with E-state index in [9.17, 15) is 5.11 Å². The van der Waals surface area contributed by atoms with Gasteiger partial charge in [0.1, 0.15) is 11.5 Å². The van der Waals surface area contributed by atoms with Crippen LogP contribution in [0.1, 0.15) is 24.5 Å². The molecule has 5 nitrogen and oxygen atoms in total. The third kappa shape index (κ3) is 6.59. The first-order chi connectivity index (χ1) is 14.7. The van der Waals surface area contributed by atoms with Crippen molar-refractivity contribution < 1.29 is 14.6 Å². The Morgan fingerprint density at radius 3 is 2.43 bits per heavy atom. The van der Waals surface area contributed by atoms with Crippen LogP contribution < -0.4 is 9.47 Å². The number of aliphatic hydroxyl groups excluding tert-OH is 1. The van der Waals surface area contributed by atoms with Crippen LogP contribution in [0.15, 0.2) is 54.6 Å². The van der Waals surface area contributed by atoms with Gasteiger partial charge < -0.3 is 14.6 Å². The predicted molar refractivity (Wildman–Crippen MR) is 122 cm³/mol. The normalized spacial score (nSPS) is 18.0. The van der Waals surface area contributed by atoms with Gasteiger partial charge in [0.25, 0.3) is 0 Å². The molecule has 5 heteroatoms. The van der Waals surface area contributed by atoms with Crippen LogP contribution in [0, 0.1) is 0 Å². The lowest BCUT2D eigenvalue weighted by molar-refractivity contribution is 0.0597. The quantitative estimate of drug-likeness (QED) is 0.647. The van der Waals surface area contributed by atoms with Crippen molar-refractivity contribution >= 4 is 6.08 Å². The summed E-state index contributed by atoms with van der Waals surface area (Å²) in [6, 6.07) is 16.8. The molecule has 0 unspecified atom stereocenters. The van der Waals surface area contributed by atoms with Gasteiger partial charge in [-0.3, -0.25) is 9.80 Å². The first kappa shape index (κ1) is 22.3. The highest BCUT2D eigenvalue weighted by Gasteiger charge is 2.26. The van der Waals surface area contributed by atoms with E-state index in [1.807, 2.05) is 31.2 Å². The minimum atomic E-state index is 0.222. The first-order valence-electron chi connectivity index (χ1n) is 10.8. The van der Waals surface area contributed by atoms with Crippen molar-refractivity contribution in [2.24, 2.45) is 0 Å². The lowest BCUT2D eigenvalue weighted by atomic mass is 10.1. The van der Waals surface area contributed by atoms with E-state index >= 15 is 0 Å². The maximum absolute atomic E-state index is 9.57. The number of hydrogen-bond acceptors (Lipinski definition) is 5. The van der Waals surface area contributed by atoms with Crippen LogP contribution in [0.2, 0.25) is 0 Å². The summed E-state index contributed by atoms with van der Waals surface area (Å²) >= 11 is 0. The average Bonchev–Trinajstić information content (AvgIpc) is 2.77. The fraction of sp³-hybridized carbons (Fsp3) is 0.440. The first-order valence-corrected chi connectivity index (χ1v) is 10.8. The van der Waals surface area contributed by atoms with Crippen molar-refractivity contribution in [3.8, 4) is 11.5 Å². The van der Waals surface area contributed by atoms with Crippen LogP contribution in [-0.2, 0) is 6.54 Å². The molecule has 30 heavy (non-hydrogen) atoms. The van der Waals surface area contributed by atoms with Gasteiger partial charge in [-0.25, -0.2) is 0 Å². The van der Waals surface area contributed by atoms with Gasteiger partial charge in [-0.05, 0) is 48.7 Å². The van der Waals surface area contributed by atoms with Crippen molar-refractivity contribution in [1.29, 1.82) is 0 Å². The van der Waals surface area contributed by atoms with Gasteiger partial charge >= 0.3 is 0 Å². The van der Waals surface area contributed by atoms with Gasteiger partial charge in [0.05, 0.1) is 13.7 Å². The highest BCUT2D eigenvalue weighted by molar-refractivity contribution is 5.50. The van der Waals surface area contributed by atoms with Gasteiger partial charge in [0.2, 0.25) is 0 Å². The SMILES string of the molecule is CCOc1ccc(CN2CCN(C/C=C/c3ccc(OC)cc3)C[C@H]2CCO)cc1. The molecule has 1 aliphatic rings. The molecule has 0 aliphatic carbocycles. The fourth-order valence-electron chi connectivity index (χ4n) is 3.90. The number of nitrogens with zero attached hydrogens (tertiary/aromatic N) is 2. The lowest BCUT2D eigenvalue weighted by Gasteiger charge is -2.41. The molecular weight excluding hydrogens is 376 g/mol. The number of hydrogen-bond donors (Lipinski definition) is 1. The summed E-state index contributed by atoms with van der Waals surface area (Å²) in [5, 5.41) is 9.57. The number of ether oxygens (including phenoxy) is 2. The molecule has 1 N–H and O–H groups in total. The molecule has 0 saturated carbocycles. The fourth-order valence-corrected chi connectivity index (χ4v) is 3.90. The van der Waals surface area contributed by atoms with Crippen LogP contribution in [-0.4, -0.2) is 67.5 Å². The third-order valence-electron chi connectivity index (χ3n) is 5.56. The van der Waals surface area contributed by atoms with E-state index in [0.717, 1.165) is 50.6 Å². The van der Waals surface area contributed by atoms with Crippen molar-refractivity contribution in [2.75, 3.05) is 46.5 Å². The van der Waals surface area contributed by atoms with Gasteiger partial charge in [0.15, 0.2) is 0 Å². The summed E-state index contributed by atoms with van der Waals surface area (Å²) in [6.45, 7) is 7.76. The number of rotatable bonds is 10. The summed E-state index contributed by atoms with van der Waals surface area (Å²) in [5.74, 6) is 1.80. The molecule has 0 bridgehead atoms. The zero-order valence-electron chi connectivity index (χ0n) is 18.2. The summed E-state index contributed by atoms with van der Waals surface area (Å²) in [6.07, 6.45) is 5.18. The molecular formula is C25H34N2O3. The van der Waals surface area contributed by atoms with Crippen molar-refractivity contribution in [1.82, 2.24) is 9.80 Å². The lowest BCUT2D eigenvalue weighted by Crippen LogP contribution is -2.52. The second-order valence-electron chi connectivity index (χ2n) is 7.65. The van der Waals surface area contributed by atoms with Gasteiger partial charge in [-0.15, -0.1) is 0 Å². The van der Waals surface area contributed by atoms with Crippen molar-refractivity contribution in [3.63, 3.8) is 0 Å². The molecule has 1 fully saturated rings. The maximum Gasteiger partial charge on any atom is 0.119 e. The maximum atomic E-state index is 9.57. The summed E-state index contributed by atoms with van der Waals surface area (Å²) in [7, 11) is 1.68. The minimum Gasteiger partial charge on any atom is -0.497 e. The predicted octanol–water partition coefficient (Wildman–Crippen LogP) is 3.68. The molecule has 3 rings (SSSR count). The smallest absolute Gasteiger partial charge is 0.119 e. The number of methoxy groups -OCH3 is 1. The largest absolute Gasteiger partial charge is 0.497 e. The molecule has 2 aromatic carbocycles. The van der Waals surface area contributed by atoms with E-state index in [2.05, 4.69) is 46.2 Å². The molecule has 162 valence electrons. The summed E-state index contributed by atoms with van der Waals surface area (Å²) in [5.41, 5.74) is 2.46. The second-order valence-corrected chi connectivity index (χ2v) is 7.65. The minimum absolute atomic E-state index is 0.222. The zero-order chi connectivity index (χ0) is 21.2. The van der Waals surface area contributed by atoms with Gasteiger partial charge in [0, 0.05) is 45.4 Å². The molecule has 1 saturated heterocycles. The van der Waals surface area contributed by atoms with Gasteiger partial charge in [-0.2, -0.15) is 0 Å². The van der Waals surface area contributed by atoms with Crippen LogP contribution in [0.4, 0.5) is 0 Å². The van der Waals surface area contributed by atoms with Crippen molar-refractivity contribution in [2.45, 2.75) is 25.9 Å². The number of aliphatic hydroxyl groups is 1. The third-order valence-corrected chi connectivity index (χ3v) is 5.56. The average molecular weight is 411 g/mol. The molecule has 1 aliphatic heterocycles. The molecule has 0 radical (unpaired) electrons. The zero-order valence-corrected chi connectivity index (χ0v) is 18.2. The Hall–Kier alpha value is -2.34. The van der Waals surface area contributed by atoms with E-state index in [4.69, 9.17) is 9.47 Å². The van der Waals surface area contributed by atoms with E-state index in [0.29, 0.717) is 12.6 Å². The van der Waals surface area contributed by atoms with E-state index in [-0.39, 0.29) is 6.61 Å². The molecule has 0 aromatic heterocycles. The van der Waals surface area contributed by atoms with E-state index < -0.39 is 0 Å². The highest BCUT2D eigenvalue weighted by Crippen LogP contribution is 2.19. The molecule has 1 heterocycles. The standard InChI is InChI=1S/C25H34N2O3/c1-3-30-25-12-8-22(9-13-25)19-27-17-16-26(20-23(27)14-18-28)15-4-5-21-6-10-24(29-2)11-7-21/h4-13,23,28H,3,14-20H2,1-2H3/b5-4+/t23-/m1/s1. The molecule has 1 atom stereocenters. The Labute approximate surface area is 180 Å². The van der Waals surface area contributed by atoms with Crippen molar-refractivity contribution in [3.05, 3.63) is 65.7 Å². The summed E-state index contributed by atoms with van der Waals surface area (Å²) < 4.78 is 10.7. The monoisotopic (exact) mass is 410 g/mol. The Morgan fingerprint density at radius 2 is 1.77 bits per heavy atom. The summed E-state index contributed by atoms with van der Waals surface area (Å²) in [4.78, 5) is 4.96. The Balaban J connectivity index is 1.52. The van der Waals surface area contributed by atoms with Gasteiger partial charge in [-0.1, -0.05) is 36.4 Å². The second kappa shape index (κ2) is 11.7. The van der Waals surface area contributed by atoms with E-state index in [1.165, 1.54) is 11.1 Å². The van der Waals surface area contributed by atoms with Crippen LogP contribution in [0.3, 0.4) is 0 Å². The number of benzene rings is 2.